The van der Waals surface area contributed by atoms with E-state index in [1.54, 1.807) is 12.1 Å². The van der Waals surface area contributed by atoms with E-state index in [4.69, 9.17) is 28.9 Å². The molecule has 1 heterocycles. The maximum atomic E-state index is 12.1. The quantitative estimate of drug-likeness (QED) is 0.815. The van der Waals surface area contributed by atoms with Gasteiger partial charge < -0.3 is 11.1 Å². The van der Waals surface area contributed by atoms with Gasteiger partial charge in [0.2, 0.25) is 0 Å². The van der Waals surface area contributed by atoms with Gasteiger partial charge in [0.05, 0.1) is 16.4 Å². The van der Waals surface area contributed by atoms with Crippen molar-refractivity contribution in [3.63, 3.8) is 0 Å². The van der Waals surface area contributed by atoms with Gasteiger partial charge in [-0.25, -0.2) is 0 Å². The topological polar surface area (TPSA) is 55.1 Å². The lowest BCUT2D eigenvalue weighted by Crippen LogP contribution is -2.11. The Morgan fingerprint density at radius 3 is 2.71 bits per heavy atom. The van der Waals surface area contributed by atoms with Crippen LogP contribution in [0.15, 0.2) is 24.3 Å². The Hall–Kier alpha value is -1.51. The van der Waals surface area contributed by atoms with Crippen molar-refractivity contribution in [2.24, 2.45) is 5.73 Å². The fraction of sp³-hybridized carbons (Fsp3) is 0.133. The second-order valence-corrected chi connectivity index (χ2v) is 6.51. The molecule has 1 amide bonds. The molecule has 21 heavy (non-hydrogen) atoms. The molecule has 0 spiro atoms. The summed E-state index contributed by atoms with van der Waals surface area (Å²) >= 11 is 13.0. The van der Waals surface area contributed by atoms with Crippen molar-refractivity contribution in [3.05, 3.63) is 49.6 Å². The molecule has 0 bridgehead atoms. The molecule has 3 nitrogen and oxygen atoms in total. The fourth-order valence-electron chi connectivity index (χ4n) is 1.72. The molecule has 6 heteroatoms. The smallest absolute Gasteiger partial charge is 0.258 e. The number of thiophene rings is 1. The first-order chi connectivity index (χ1) is 10.0. The molecule has 0 atom stereocenters. The second kappa shape index (κ2) is 6.97. The van der Waals surface area contributed by atoms with Gasteiger partial charge in [-0.15, -0.1) is 11.3 Å². The molecule has 0 saturated carbocycles. The van der Waals surface area contributed by atoms with Gasteiger partial charge in [-0.2, -0.15) is 0 Å². The van der Waals surface area contributed by atoms with Crippen molar-refractivity contribution in [3.8, 4) is 11.8 Å². The van der Waals surface area contributed by atoms with Crippen LogP contribution in [0.2, 0.25) is 8.67 Å². The van der Waals surface area contributed by atoms with Gasteiger partial charge in [-0.05, 0) is 36.8 Å². The number of aryl methyl sites for hydroxylation is 1. The van der Waals surface area contributed by atoms with Crippen molar-refractivity contribution in [1.82, 2.24) is 0 Å². The molecule has 1 aromatic heterocycles. The highest BCUT2D eigenvalue weighted by atomic mass is 35.5. The number of anilines is 1. The van der Waals surface area contributed by atoms with Gasteiger partial charge in [0.15, 0.2) is 0 Å². The van der Waals surface area contributed by atoms with E-state index < -0.39 is 0 Å². The van der Waals surface area contributed by atoms with Crippen LogP contribution in [0.1, 0.15) is 21.5 Å². The van der Waals surface area contributed by atoms with Crippen LogP contribution in [-0.4, -0.2) is 12.5 Å². The van der Waals surface area contributed by atoms with E-state index in [9.17, 15) is 4.79 Å². The predicted octanol–water partition coefficient (Wildman–Crippen LogP) is 3.93. The van der Waals surface area contributed by atoms with Gasteiger partial charge in [-0.1, -0.05) is 35.0 Å². The van der Waals surface area contributed by atoms with Crippen molar-refractivity contribution >= 4 is 46.1 Å². The molecular weight excluding hydrogens is 327 g/mol. The first-order valence-electron chi connectivity index (χ1n) is 6.07. The van der Waals surface area contributed by atoms with Crippen molar-refractivity contribution in [2.75, 3.05) is 11.9 Å². The zero-order chi connectivity index (χ0) is 15.4. The third kappa shape index (κ3) is 3.99. The van der Waals surface area contributed by atoms with Crippen molar-refractivity contribution in [1.29, 1.82) is 0 Å². The van der Waals surface area contributed by atoms with E-state index in [1.807, 2.05) is 19.1 Å². The zero-order valence-electron chi connectivity index (χ0n) is 11.2. The Morgan fingerprint density at radius 2 is 2.14 bits per heavy atom. The molecule has 108 valence electrons. The summed E-state index contributed by atoms with van der Waals surface area (Å²) in [5.41, 5.74) is 8.24. The molecule has 0 saturated heterocycles. The van der Waals surface area contributed by atoms with E-state index in [2.05, 4.69) is 17.2 Å². The number of carbonyl (C=O) groups is 1. The summed E-state index contributed by atoms with van der Waals surface area (Å²) in [6, 6.07) is 7.03. The first kappa shape index (κ1) is 15.9. The molecule has 0 aliphatic heterocycles. The average Bonchev–Trinajstić information content (AvgIpc) is 2.77. The van der Waals surface area contributed by atoms with Crippen molar-refractivity contribution in [2.45, 2.75) is 6.92 Å². The summed E-state index contributed by atoms with van der Waals surface area (Å²) in [6.07, 6.45) is 0. The Bertz CT molecular complexity index is 744. The number of nitrogens with one attached hydrogen (secondary N) is 1. The number of hydrogen-bond acceptors (Lipinski definition) is 3. The zero-order valence-corrected chi connectivity index (χ0v) is 13.5. The summed E-state index contributed by atoms with van der Waals surface area (Å²) in [5, 5.41) is 2.79. The summed E-state index contributed by atoms with van der Waals surface area (Å²) in [5.74, 6) is 5.49. The maximum absolute atomic E-state index is 12.1. The normalized spacial score (nSPS) is 9.90. The maximum Gasteiger partial charge on any atom is 0.258 e. The van der Waals surface area contributed by atoms with Crippen LogP contribution < -0.4 is 11.1 Å². The lowest BCUT2D eigenvalue weighted by Gasteiger charge is -2.06. The van der Waals surface area contributed by atoms with E-state index in [0.29, 0.717) is 26.5 Å². The minimum absolute atomic E-state index is 0.289. The van der Waals surface area contributed by atoms with Crippen LogP contribution in [-0.2, 0) is 0 Å². The molecule has 0 aliphatic rings. The van der Waals surface area contributed by atoms with Crippen LogP contribution in [0.4, 0.5) is 5.69 Å². The Balaban J connectivity index is 2.18. The molecule has 0 aliphatic carbocycles. The average molecular weight is 339 g/mol. The molecule has 0 radical (unpaired) electrons. The van der Waals surface area contributed by atoms with Crippen molar-refractivity contribution < 1.29 is 4.79 Å². The highest BCUT2D eigenvalue weighted by Gasteiger charge is 2.14. The first-order valence-corrected chi connectivity index (χ1v) is 7.64. The number of amides is 1. The Labute approximate surface area is 137 Å². The SMILES string of the molecule is Cc1cc(NC(=O)c2cc(Cl)sc2Cl)ccc1C#CCN. The summed E-state index contributed by atoms with van der Waals surface area (Å²) < 4.78 is 0.855. The number of benzene rings is 1. The third-order valence-electron chi connectivity index (χ3n) is 2.71. The molecule has 1 aromatic carbocycles. The molecule has 3 N–H and O–H groups in total. The highest BCUT2D eigenvalue weighted by molar-refractivity contribution is 7.20. The number of halogens is 2. The van der Waals surface area contributed by atoms with E-state index >= 15 is 0 Å². The minimum atomic E-state index is -0.289. The predicted molar refractivity (Wildman–Crippen MR) is 89.4 cm³/mol. The summed E-state index contributed by atoms with van der Waals surface area (Å²) in [7, 11) is 0. The molecule has 0 unspecified atom stereocenters. The van der Waals surface area contributed by atoms with Crippen LogP contribution in [0.3, 0.4) is 0 Å². The molecule has 2 aromatic rings. The molecule has 0 fully saturated rings. The van der Waals surface area contributed by atoms with Crippen LogP contribution in [0.25, 0.3) is 0 Å². The Morgan fingerprint density at radius 1 is 1.38 bits per heavy atom. The van der Waals surface area contributed by atoms with Crippen LogP contribution in [0.5, 0.6) is 0 Å². The van der Waals surface area contributed by atoms with Gasteiger partial charge >= 0.3 is 0 Å². The minimum Gasteiger partial charge on any atom is -0.322 e. The largest absolute Gasteiger partial charge is 0.322 e. The Kier molecular flexibility index (Phi) is 5.27. The molecular formula is C15H12Cl2N2OS. The lowest BCUT2D eigenvalue weighted by atomic mass is 10.1. The third-order valence-corrected chi connectivity index (χ3v) is 4.20. The van der Waals surface area contributed by atoms with Gasteiger partial charge in [0.1, 0.15) is 4.34 Å². The van der Waals surface area contributed by atoms with Crippen LogP contribution >= 0.6 is 34.5 Å². The number of rotatable bonds is 2. The summed E-state index contributed by atoms with van der Waals surface area (Å²) in [6.45, 7) is 2.24. The van der Waals surface area contributed by atoms with E-state index in [-0.39, 0.29) is 5.91 Å². The lowest BCUT2D eigenvalue weighted by molar-refractivity contribution is 0.102. The highest BCUT2D eigenvalue weighted by Crippen LogP contribution is 2.31. The summed E-state index contributed by atoms with van der Waals surface area (Å²) in [4.78, 5) is 12.1. The van der Waals surface area contributed by atoms with Gasteiger partial charge in [0, 0.05) is 11.3 Å². The fourth-order valence-corrected chi connectivity index (χ4v) is 3.18. The standard InChI is InChI=1S/C15H12Cl2N2OS/c1-9-7-11(5-4-10(9)3-2-6-18)19-15(20)12-8-13(16)21-14(12)17/h4-5,7-8H,6,18H2,1H3,(H,19,20). The van der Waals surface area contributed by atoms with Gasteiger partial charge in [-0.3, -0.25) is 4.79 Å². The van der Waals surface area contributed by atoms with Gasteiger partial charge in [0.25, 0.3) is 5.91 Å². The van der Waals surface area contributed by atoms with Crippen LogP contribution in [0, 0.1) is 18.8 Å². The molecule has 2 rings (SSSR count). The number of nitrogens with two attached hydrogens (primary N) is 1. The second-order valence-electron chi connectivity index (χ2n) is 4.23. The van der Waals surface area contributed by atoms with E-state index in [0.717, 1.165) is 22.5 Å². The monoisotopic (exact) mass is 338 g/mol. The number of carbonyl (C=O) groups excluding carboxylic acids is 1. The van der Waals surface area contributed by atoms with E-state index in [1.165, 1.54) is 0 Å². The number of hydrogen-bond donors (Lipinski definition) is 2.